The molecule has 0 aromatic heterocycles. The molecule has 0 N–H and O–H groups in total. The number of unbranched alkanes of at least 4 members (excludes halogenated alkanes) is 2. The maximum absolute atomic E-state index is 11.9. The number of carbonyl (C=O) groups is 1. The molecule has 0 saturated carbocycles. The average molecular weight is 334 g/mol. The minimum absolute atomic E-state index is 0.433. The predicted molar refractivity (Wildman–Crippen MR) is 102 cm³/mol. The number of benzene rings is 1. The first kappa shape index (κ1) is 20.7. The largest absolute Gasteiger partial charge is 0.497 e. The molecule has 1 aromatic rings. The van der Waals surface area contributed by atoms with Gasteiger partial charge in [0.15, 0.2) is 0 Å². The molecule has 1 rings (SSSR count). The third-order valence-electron chi connectivity index (χ3n) is 4.68. The van der Waals surface area contributed by atoms with E-state index in [1.54, 1.807) is 7.11 Å². The second-order valence-corrected chi connectivity index (χ2v) is 6.63. The molecular weight excluding hydrogens is 298 g/mol. The summed E-state index contributed by atoms with van der Waals surface area (Å²) < 4.78 is 5.21. The van der Waals surface area contributed by atoms with Crippen molar-refractivity contribution >= 4 is 5.78 Å². The van der Waals surface area contributed by atoms with Crippen molar-refractivity contribution in [2.75, 3.05) is 20.2 Å². The number of carbonyl (C=O) groups excluding carboxylic acids is 1. The summed E-state index contributed by atoms with van der Waals surface area (Å²) in [5.74, 6) is 1.34. The van der Waals surface area contributed by atoms with Gasteiger partial charge in [-0.25, -0.2) is 0 Å². The van der Waals surface area contributed by atoms with Gasteiger partial charge in [-0.1, -0.05) is 38.8 Å². The Morgan fingerprint density at radius 3 is 2.33 bits per heavy atom. The highest BCUT2D eigenvalue weighted by Crippen LogP contribution is 2.15. The molecule has 0 saturated heterocycles. The highest BCUT2D eigenvalue weighted by Gasteiger charge is 2.13. The number of ketones is 1. The number of likely N-dealkylation sites (N-methyl/N-ethyl adjacent to an activating group) is 1. The Balaban J connectivity index is 2.34. The minimum atomic E-state index is 0.433. The molecule has 24 heavy (non-hydrogen) atoms. The van der Waals surface area contributed by atoms with E-state index in [2.05, 4.69) is 37.8 Å². The van der Waals surface area contributed by atoms with Gasteiger partial charge in [-0.15, -0.1) is 0 Å². The molecule has 0 aliphatic rings. The molecule has 3 nitrogen and oxygen atoms in total. The van der Waals surface area contributed by atoms with E-state index >= 15 is 0 Å². The third-order valence-corrected chi connectivity index (χ3v) is 4.68. The van der Waals surface area contributed by atoms with Crippen LogP contribution in [0.3, 0.4) is 0 Å². The lowest BCUT2D eigenvalue weighted by Crippen LogP contribution is -2.35. The number of hydrogen-bond acceptors (Lipinski definition) is 3. The molecule has 0 radical (unpaired) electrons. The quantitative estimate of drug-likeness (QED) is 0.482. The van der Waals surface area contributed by atoms with Crippen LogP contribution in [0.4, 0.5) is 0 Å². The van der Waals surface area contributed by atoms with Crippen molar-refractivity contribution in [1.29, 1.82) is 0 Å². The van der Waals surface area contributed by atoms with Gasteiger partial charge in [-0.2, -0.15) is 0 Å². The summed E-state index contributed by atoms with van der Waals surface area (Å²) in [6, 6.07) is 8.81. The van der Waals surface area contributed by atoms with Gasteiger partial charge in [0, 0.05) is 18.9 Å². The zero-order valence-corrected chi connectivity index (χ0v) is 16.0. The summed E-state index contributed by atoms with van der Waals surface area (Å²) in [4.78, 5) is 14.4. The predicted octanol–water partition coefficient (Wildman–Crippen LogP) is 4.88. The molecule has 0 bridgehead atoms. The van der Waals surface area contributed by atoms with Crippen molar-refractivity contribution < 1.29 is 9.53 Å². The van der Waals surface area contributed by atoms with Crippen molar-refractivity contribution in [2.45, 2.75) is 71.8 Å². The standard InChI is InChI=1S/C21H35NO2/c1-5-7-8-10-20(23)11-9-16-22(6-2)18(3)17-19-12-14-21(24-4)15-13-19/h12-15,18H,5-11,16-17H2,1-4H3. The fourth-order valence-electron chi connectivity index (χ4n) is 3.10. The molecule has 3 heteroatoms. The van der Waals surface area contributed by atoms with Gasteiger partial charge in [-0.3, -0.25) is 4.79 Å². The first-order chi connectivity index (χ1) is 11.6. The van der Waals surface area contributed by atoms with Crippen LogP contribution in [0, 0.1) is 0 Å². The lowest BCUT2D eigenvalue weighted by molar-refractivity contribution is -0.119. The SMILES string of the molecule is CCCCCC(=O)CCCN(CC)C(C)Cc1ccc(OC)cc1. The molecule has 1 atom stereocenters. The average Bonchev–Trinajstić information content (AvgIpc) is 2.59. The summed E-state index contributed by atoms with van der Waals surface area (Å²) in [5.41, 5.74) is 1.33. The first-order valence-electron chi connectivity index (χ1n) is 9.49. The van der Waals surface area contributed by atoms with Crippen LogP contribution in [0.1, 0.15) is 64.9 Å². The smallest absolute Gasteiger partial charge is 0.132 e. The van der Waals surface area contributed by atoms with Crippen LogP contribution < -0.4 is 4.74 Å². The lowest BCUT2D eigenvalue weighted by atomic mass is 10.0. The zero-order valence-electron chi connectivity index (χ0n) is 16.0. The topological polar surface area (TPSA) is 29.5 Å². The summed E-state index contributed by atoms with van der Waals surface area (Å²) in [6.45, 7) is 8.69. The van der Waals surface area contributed by atoms with E-state index in [0.29, 0.717) is 11.8 Å². The molecule has 0 amide bonds. The molecule has 0 spiro atoms. The minimum Gasteiger partial charge on any atom is -0.497 e. The van der Waals surface area contributed by atoms with Crippen LogP contribution in [0.15, 0.2) is 24.3 Å². The number of ether oxygens (including phenoxy) is 1. The van der Waals surface area contributed by atoms with Crippen molar-refractivity contribution in [3.8, 4) is 5.75 Å². The summed E-state index contributed by atoms with van der Waals surface area (Å²) >= 11 is 0. The Bertz CT molecular complexity index is 455. The number of methoxy groups -OCH3 is 1. The fourth-order valence-corrected chi connectivity index (χ4v) is 3.10. The molecule has 0 fully saturated rings. The first-order valence-corrected chi connectivity index (χ1v) is 9.49. The Kier molecular flexibility index (Phi) is 10.4. The number of nitrogens with zero attached hydrogens (tertiary/aromatic N) is 1. The molecule has 136 valence electrons. The number of rotatable bonds is 13. The van der Waals surface area contributed by atoms with Gasteiger partial charge < -0.3 is 9.64 Å². The maximum Gasteiger partial charge on any atom is 0.132 e. The lowest BCUT2D eigenvalue weighted by Gasteiger charge is -2.28. The van der Waals surface area contributed by atoms with Crippen molar-refractivity contribution in [1.82, 2.24) is 4.90 Å². The Hall–Kier alpha value is -1.35. The van der Waals surface area contributed by atoms with Gasteiger partial charge in [0.1, 0.15) is 11.5 Å². The van der Waals surface area contributed by atoms with Gasteiger partial charge in [0.25, 0.3) is 0 Å². The monoisotopic (exact) mass is 333 g/mol. The third kappa shape index (κ3) is 7.96. The maximum atomic E-state index is 11.9. The normalized spacial score (nSPS) is 12.4. The zero-order chi connectivity index (χ0) is 17.8. The Morgan fingerprint density at radius 2 is 1.75 bits per heavy atom. The second kappa shape index (κ2) is 12.1. The second-order valence-electron chi connectivity index (χ2n) is 6.63. The van der Waals surface area contributed by atoms with Gasteiger partial charge in [-0.05, 0) is 57.0 Å². The Morgan fingerprint density at radius 1 is 1.08 bits per heavy atom. The van der Waals surface area contributed by atoms with E-state index in [1.165, 1.54) is 18.4 Å². The molecule has 0 aliphatic heterocycles. The molecular formula is C21H35NO2. The summed E-state index contributed by atoms with van der Waals surface area (Å²) in [6.07, 6.45) is 6.91. The van der Waals surface area contributed by atoms with E-state index < -0.39 is 0 Å². The molecule has 1 aromatic carbocycles. The van der Waals surface area contributed by atoms with Crippen molar-refractivity contribution in [2.24, 2.45) is 0 Å². The fraction of sp³-hybridized carbons (Fsp3) is 0.667. The van der Waals surface area contributed by atoms with Gasteiger partial charge in [0.2, 0.25) is 0 Å². The summed E-state index contributed by atoms with van der Waals surface area (Å²) in [7, 11) is 1.69. The van der Waals surface area contributed by atoms with Gasteiger partial charge >= 0.3 is 0 Å². The van der Waals surface area contributed by atoms with Crippen LogP contribution >= 0.6 is 0 Å². The van der Waals surface area contributed by atoms with Crippen LogP contribution in [0.5, 0.6) is 5.75 Å². The Labute approximate surface area is 148 Å². The molecule has 1 unspecified atom stereocenters. The van der Waals surface area contributed by atoms with E-state index in [4.69, 9.17) is 4.74 Å². The van der Waals surface area contributed by atoms with Crippen LogP contribution in [0.25, 0.3) is 0 Å². The highest BCUT2D eigenvalue weighted by atomic mass is 16.5. The number of Topliss-reactive ketones (excluding diaryl/α,β-unsaturated/α-hetero) is 1. The summed E-state index contributed by atoms with van der Waals surface area (Å²) in [5, 5.41) is 0. The highest BCUT2D eigenvalue weighted by molar-refractivity contribution is 5.78. The van der Waals surface area contributed by atoms with Gasteiger partial charge in [0.05, 0.1) is 7.11 Å². The van der Waals surface area contributed by atoms with E-state index in [-0.39, 0.29) is 0 Å². The van der Waals surface area contributed by atoms with Crippen LogP contribution in [-0.4, -0.2) is 36.9 Å². The van der Waals surface area contributed by atoms with Crippen LogP contribution in [-0.2, 0) is 11.2 Å². The van der Waals surface area contributed by atoms with Crippen molar-refractivity contribution in [3.63, 3.8) is 0 Å². The van der Waals surface area contributed by atoms with E-state index in [1.807, 2.05) is 12.1 Å². The van der Waals surface area contributed by atoms with E-state index in [9.17, 15) is 4.79 Å². The molecule has 0 heterocycles. The number of hydrogen-bond donors (Lipinski definition) is 0. The molecule has 0 aliphatic carbocycles. The van der Waals surface area contributed by atoms with Crippen LogP contribution in [0.2, 0.25) is 0 Å². The van der Waals surface area contributed by atoms with Crippen molar-refractivity contribution in [3.05, 3.63) is 29.8 Å². The van der Waals surface area contributed by atoms with E-state index in [0.717, 1.165) is 50.9 Å².